The third kappa shape index (κ3) is 4.77. The summed E-state index contributed by atoms with van der Waals surface area (Å²) in [6.07, 6.45) is 1.64. The number of hydrogen-bond donors (Lipinski definition) is 1. The standard InChI is InChI=1S/C20H17NO5S/c1-13-3-2-4-15(9-13)11-21-19(24)17(27-20(21)25)10-14-5-7-16(8-6-14)26-12-18(22)23/h2-10H,11-12H2,1H3,(H,22,23)/b17-10-. The number of imide groups is 1. The van der Waals surface area contributed by atoms with Gasteiger partial charge >= 0.3 is 5.97 Å². The van der Waals surface area contributed by atoms with Crippen molar-refractivity contribution in [3.8, 4) is 5.75 Å². The lowest BCUT2D eigenvalue weighted by Gasteiger charge is -2.12. The molecule has 1 fully saturated rings. The highest BCUT2D eigenvalue weighted by molar-refractivity contribution is 8.18. The minimum absolute atomic E-state index is 0.242. The van der Waals surface area contributed by atoms with Gasteiger partial charge < -0.3 is 9.84 Å². The second-order valence-electron chi connectivity index (χ2n) is 6.01. The van der Waals surface area contributed by atoms with Gasteiger partial charge in [-0.05, 0) is 48.0 Å². The van der Waals surface area contributed by atoms with Crippen LogP contribution in [0.1, 0.15) is 16.7 Å². The average Bonchev–Trinajstić information content (AvgIpc) is 2.89. The summed E-state index contributed by atoms with van der Waals surface area (Å²) in [5.41, 5.74) is 2.69. The fourth-order valence-electron chi connectivity index (χ4n) is 2.59. The lowest BCUT2D eigenvalue weighted by atomic mass is 10.1. The van der Waals surface area contributed by atoms with Gasteiger partial charge in [0.25, 0.3) is 11.1 Å². The van der Waals surface area contributed by atoms with Crippen LogP contribution in [0.2, 0.25) is 0 Å². The number of hydrogen-bond acceptors (Lipinski definition) is 5. The lowest BCUT2D eigenvalue weighted by molar-refractivity contribution is -0.139. The second kappa shape index (κ2) is 8.09. The molecule has 1 aliphatic heterocycles. The number of benzene rings is 2. The van der Waals surface area contributed by atoms with Crippen molar-refractivity contribution in [3.05, 3.63) is 70.1 Å². The zero-order chi connectivity index (χ0) is 19.4. The Bertz CT molecular complexity index is 920. The third-order valence-electron chi connectivity index (χ3n) is 3.84. The van der Waals surface area contributed by atoms with Gasteiger partial charge in [0.05, 0.1) is 11.4 Å². The van der Waals surface area contributed by atoms with Gasteiger partial charge in [0.2, 0.25) is 0 Å². The average molecular weight is 383 g/mol. The normalized spacial score (nSPS) is 15.4. The first-order valence-electron chi connectivity index (χ1n) is 8.18. The summed E-state index contributed by atoms with van der Waals surface area (Å²) in [4.78, 5) is 36.9. The number of nitrogens with zero attached hydrogens (tertiary/aromatic N) is 1. The number of ether oxygens (including phenoxy) is 1. The van der Waals surface area contributed by atoms with Crippen molar-refractivity contribution >= 4 is 35.0 Å². The molecule has 3 rings (SSSR count). The molecule has 0 aliphatic carbocycles. The van der Waals surface area contributed by atoms with Crippen LogP contribution in [0, 0.1) is 6.92 Å². The summed E-state index contributed by atoms with van der Waals surface area (Å²) in [6.45, 7) is 1.78. The van der Waals surface area contributed by atoms with Gasteiger partial charge in [0, 0.05) is 0 Å². The van der Waals surface area contributed by atoms with Gasteiger partial charge in [0.15, 0.2) is 6.61 Å². The van der Waals surface area contributed by atoms with E-state index in [-0.39, 0.29) is 17.7 Å². The summed E-state index contributed by atoms with van der Waals surface area (Å²) in [6, 6.07) is 14.3. The molecule has 0 spiro atoms. The lowest BCUT2D eigenvalue weighted by Crippen LogP contribution is -2.27. The summed E-state index contributed by atoms with van der Waals surface area (Å²) in [5.74, 6) is -0.957. The van der Waals surface area contributed by atoms with Crippen molar-refractivity contribution in [2.75, 3.05) is 6.61 Å². The van der Waals surface area contributed by atoms with E-state index in [1.807, 2.05) is 31.2 Å². The number of aryl methyl sites for hydroxylation is 1. The van der Waals surface area contributed by atoms with E-state index < -0.39 is 12.6 Å². The molecule has 0 aromatic heterocycles. The number of amides is 2. The Morgan fingerprint density at radius 2 is 1.93 bits per heavy atom. The van der Waals surface area contributed by atoms with E-state index in [9.17, 15) is 14.4 Å². The molecule has 2 aromatic carbocycles. The van der Waals surface area contributed by atoms with E-state index in [4.69, 9.17) is 9.84 Å². The Kier molecular flexibility index (Phi) is 5.61. The molecular weight excluding hydrogens is 366 g/mol. The predicted molar refractivity (Wildman–Crippen MR) is 102 cm³/mol. The van der Waals surface area contributed by atoms with Crippen molar-refractivity contribution in [3.63, 3.8) is 0 Å². The van der Waals surface area contributed by atoms with Crippen LogP contribution in [-0.2, 0) is 16.1 Å². The van der Waals surface area contributed by atoms with Gasteiger partial charge in [-0.15, -0.1) is 0 Å². The van der Waals surface area contributed by atoms with E-state index in [0.717, 1.165) is 28.5 Å². The summed E-state index contributed by atoms with van der Waals surface area (Å²) < 4.78 is 5.07. The fourth-order valence-corrected chi connectivity index (χ4v) is 3.42. The van der Waals surface area contributed by atoms with Crippen molar-refractivity contribution in [1.29, 1.82) is 0 Å². The van der Waals surface area contributed by atoms with Crippen molar-refractivity contribution in [2.24, 2.45) is 0 Å². The molecule has 1 aliphatic rings. The molecule has 0 bridgehead atoms. The largest absolute Gasteiger partial charge is 0.482 e. The first-order valence-corrected chi connectivity index (χ1v) is 8.99. The number of carboxylic acid groups (broad SMARTS) is 1. The summed E-state index contributed by atoms with van der Waals surface area (Å²) in [5, 5.41) is 8.31. The minimum Gasteiger partial charge on any atom is -0.482 e. The van der Waals surface area contributed by atoms with Crippen LogP contribution in [-0.4, -0.2) is 33.7 Å². The van der Waals surface area contributed by atoms with Crippen molar-refractivity contribution < 1.29 is 24.2 Å². The van der Waals surface area contributed by atoms with E-state index in [1.54, 1.807) is 30.3 Å². The van der Waals surface area contributed by atoms with Crippen LogP contribution in [0.4, 0.5) is 4.79 Å². The number of carbonyl (C=O) groups excluding carboxylic acids is 2. The number of carbonyl (C=O) groups is 3. The van der Waals surface area contributed by atoms with E-state index in [0.29, 0.717) is 10.7 Å². The SMILES string of the molecule is Cc1cccc(CN2C(=O)S/C(=C\c3ccc(OCC(=O)O)cc3)C2=O)c1. The first-order chi connectivity index (χ1) is 12.9. The van der Waals surface area contributed by atoms with E-state index in [2.05, 4.69) is 0 Å². The molecule has 6 nitrogen and oxygen atoms in total. The highest BCUT2D eigenvalue weighted by Gasteiger charge is 2.34. The highest BCUT2D eigenvalue weighted by Crippen LogP contribution is 2.33. The molecule has 138 valence electrons. The molecule has 0 atom stereocenters. The van der Waals surface area contributed by atoms with Gasteiger partial charge in [-0.25, -0.2) is 4.79 Å². The topological polar surface area (TPSA) is 83.9 Å². The van der Waals surface area contributed by atoms with Crippen molar-refractivity contribution in [1.82, 2.24) is 4.90 Å². The van der Waals surface area contributed by atoms with Gasteiger partial charge in [-0.2, -0.15) is 0 Å². The minimum atomic E-state index is -1.05. The first kappa shape index (κ1) is 18.7. The second-order valence-corrected chi connectivity index (χ2v) is 7.00. The monoisotopic (exact) mass is 383 g/mol. The molecule has 2 aromatic rings. The van der Waals surface area contributed by atoms with E-state index in [1.165, 1.54) is 4.90 Å². The molecular formula is C20H17NO5S. The molecule has 2 amide bonds. The smallest absolute Gasteiger partial charge is 0.341 e. The zero-order valence-corrected chi connectivity index (χ0v) is 15.4. The van der Waals surface area contributed by atoms with Crippen LogP contribution < -0.4 is 4.74 Å². The van der Waals surface area contributed by atoms with Crippen LogP contribution in [0.25, 0.3) is 6.08 Å². The number of carboxylic acids is 1. The zero-order valence-electron chi connectivity index (χ0n) is 14.5. The Labute approximate surface area is 160 Å². The van der Waals surface area contributed by atoms with E-state index >= 15 is 0 Å². The number of aliphatic carboxylic acids is 1. The Morgan fingerprint density at radius 3 is 2.59 bits per heavy atom. The Balaban J connectivity index is 1.71. The summed E-state index contributed by atoms with van der Waals surface area (Å²) >= 11 is 0.908. The molecule has 1 N–H and O–H groups in total. The Morgan fingerprint density at radius 1 is 1.19 bits per heavy atom. The van der Waals surface area contributed by atoms with Gasteiger partial charge in [-0.1, -0.05) is 42.0 Å². The van der Waals surface area contributed by atoms with Gasteiger partial charge in [-0.3, -0.25) is 14.5 Å². The number of thioether (sulfide) groups is 1. The Hall–Kier alpha value is -3.06. The van der Waals surface area contributed by atoms with Crippen LogP contribution >= 0.6 is 11.8 Å². The molecule has 0 radical (unpaired) electrons. The molecule has 1 heterocycles. The van der Waals surface area contributed by atoms with Crippen LogP contribution in [0.15, 0.2) is 53.4 Å². The maximum Gasteiger partial charge on any atom is 0.341 e. The molecule has 0 unspecified atom stereocenters. The molecule has 1 saturated heterocycles. The van der Waals surface area contributed by atoms with Gasteiger partial charge in [0.1, 0.15) is 5.75 Å². The third-order valence-corrected chi connectivity index (χ3v) is 4.74. The summed E-state index contributed by atoms with van der Waals surface area (Å²) in [7, 11) is 0. The predicted octanol–water partition coefficient (Wildman–Crippen LogP) is 3.69. The fraction of sp³-hybridized carbons (Fsp3) is 0.150. The number of rotatable bonds is 6. The molecule has 0 saturated carbocycles. The van der Waals surface area contributed by atoms with Crippen LogP contribution in [0.3, 0.4) is 0 Å². The maximum absolute atomic E-state index is 12.6. The molecule has 27 heavy (non-hydrogen) atoms. The maximum atomic E-state index is 12.6. The van der Waals surface area contributed by atoms with Crippen LogP contribution in [0.5, 0.6) is 5.75 Å². The molecule has 7 heteroatoms. The quantitative estimate of drug-likeness (QED) is 0.766. The highest BCUT2D eigenvalue weighted by atomic mass is 32.2. The van der Waals surface area contributed by atoms with Crippen molar-refractivity contribution in [2.45, 2.75) is 13.5 Å².